The summed E-state index contributed by atoms with van der Waals surface area (Å²) >= 11 is 0. The third-order valence-corrected chi connectivity index (χ3v) is 3.97. The first-order chi connectivity index (χ1) is 6.54. The van der Waals surface area contributed by atoms with Crippen LogP contribution in [0.25, 0.3) is 0 Å². The van der Waals surface area contributed by atoms with Crippen LogP contribution in [0.2, 0.25) is 0 Å². The summed E-state index contributed by atoms with van der Waals surface area (Å²) in [5.74, 6) is 0. The molecule has 0 aliphatic carbocycles. The van der Waals surface area contributed by atoms with Gasteiger partial charge in [0.1, 0.15) is 0 Å². The quantitative estimate of drug-likeness (QED) is 0.630. The molecule has 2 unspecified atom stereocenters. The Hall–Kier alpha value is -0.120. The fraction of sp³-hybridized carbons (Fsp3) is 1.00. The van der Waals surface area contributed by atoms with Crippen molar-refractivity contribution < 1.29 is 4.74 Å². The number of ether oxygens (including phenoxy) is 1. The Morgan fingerprint density at radius 2 is 1.86 bits per heavy atom. The van der Waals surface area contributed by atoms with Gasteiger partial charge in [-0.05, 0) is 46.7 Å². The lowest BCUT2D eigenvalue weighted by Crippen LogP contribution is -2.58. The summed E-state index contributed by atoms with van der Waals surface area (Å²) in [6, 6.07) is 0.335. The molecule has 0 bridgehead atoms. The van der Waals surface area contributed by atoms with E-state index in [1.165, 1.54) is 0 Å². The summed E-state index contributed by atoms with van der Waals surface area (Å²) in [6.07, 6.45) is 4.02. The van der Waals surface area contributed by atoms with Crippen LogP contribution in [0.3, 0.4) is 0 Å². The van der Waals surface area contributed by atoms with Crippen molar-refractivity contribution in [2.45, 2.75) is 56.9 Å². The van der Waals surface area contributed by atoms with E-state index in [4.69, 9.17) is 10.5 Å². The number of nitrogens with two attached hydrogens (primary N) is 1. The van der Waals surface area contributed by atoms with Crippen molar-refractivity contribution >= 4 is 0 Å². The molecule has 2 saturated heterocycles. The number of rotatable bonds is 0. The van der Waals surface area contributed by atoms with E-state index in [0.717, 1.165) is 25.8 Å². The summed E-state index contributed by atoms with van der Waals surface area (Å²) in [4.78, 5) is 2.45. The lowest BCUT2D eigenvalue weighted by Gasteiger charge is -2.47. The first-order valence-corrected chi connectivity index (χ1v) is 5.67. The minimum Gasteiger partial charge on any atom is -0.375 e. The van der Waals surface area contributed by atoms with E-state index in [1.54, 1.807) is 0 Å². The van der Waals surface area contributed by atoms with Gasteiger partial charge in [0, 0.05) is 11.6 Å². The Bertz CT molecular complexity index is 197. The number of likely N-dealkylation sites (N-methyl/N-ethyl adjacent to an activating group) is 1. The SMILES string of the molecule is C[C@@H]1CC2(C[C@H](C)O1)C(N)CCN2C. The molecule has 2 aliphatic heterocycles. The van der Waals surface area contributed by atoms with Gasteiger partial charge in [0.25, 0.3) is 0 Å². The van der Waals surface area contributed by atoms with Gasteiger partial charge in [-0.15, -0.1) is 0 Å². The molecule has 3 nitrogen and oxygen atoms in total. The van der Waals surface area contributed by atoms with Crippen LogP contribution in [-0.2, 0) is 4.74 Å². The monoisotopic (exact) mass is 198 g/mol. The molecule has 14 heavy (non-hydrogen) atoms. The molecule has 2 rings (SSSR count). The van der Waals surface area contributed by atoms with Gasteiger partial charge < -0.3 is 10.5 Å². The summed E-state index contributed by atoms with van der Waals surface area (Å²) < 4.78 is 5.79. The molecule has 0 aromatic carbocycles. The summed E-state index contributed by atoms with van der Waals surface area (Å²) in [5.41, 5.74) is 6.48. The van der Waals surface area contributed by atoms with Gasteiger partial charge in [-0.2, -0.15) is 0 Å². The van der Waals surface area contributed by atoms with Crippen LogP contribution < -0.4 is 5.73 Å². The van der Waals surface area contributed by atoms with Crippen molar-refractivity contribution in [2.75, 3.05) is 13.6 Å². The maximum Gasteiger partial charge on any atom is 0.0568 e. The average Bonchev–Trinajstić information content (AvgIpc) is 2.32. The van der Waals surface area contributed by atoms with Gasteiger partial charge in [-0.3, -0.25) is 4.90 Å². The maximum absolute atomic E-state index is 6.26. The molecule has 2 aliphatic rings. The van der Waals surface area contributed by atoms with Crippen LogP contribution >= 0.6 is 0 Å². The first kappa shape index (κ1) is 10.4. The third-order valence-electron chi connectivity index (χ3n) is 3.97. The molecule has 2 N–H and O–H groups in total. The highest BCUT2D eigenvalue weighted by atomic mass is 16.5. The summed E-state index contributed by atoms with van der Waals surface area (Å²) in [6.45, 7) is 5.47. The van der Waals surface area contributed by atoms with Crippen LogP contribution in [0, 0.1) is 0 Å². The summed E-state index contributed by atoms with van der Waals surface area (Å²) in [7, 11) is 2.21. The smallest absolute Gasteiger partial charge is 0.0568 e. The third kappa shape index (κ3) is 1.47. The van der Waals surface area contributed by atoms with E-state index in [2.05, 4.69) is 25.8 Å². The molecule has 3 heteroatoms. The summed E-state index contributed by atoms with van der Waals surface area (Å²) in [5, 5.41) is 0. The number of hydrogen-bond donors (Lipinski definition) is 1. The zero-order valence-electron chi connectivity index (χ0n) is 9.49. The lowest BCUT2D eigenvalue weighted by atomic mass is 9.79. The van der Waals surface area contributed by atoms with Gasteiger partial charge in [-0.1, -0.05) is 0 Å². The zero-order valence-corrected chi connectivity index (χ0v) is 9.49. The Balaban J connectivity index is 2.20. The molecule has 4 atom stereocenters. The van der Waals surface area contributed by atoms with E-state index < -0.39 is 0 Å². The minimum atomic E-state index is 0.219. The highest BCUT2D eigenvalue weighted by Crippen LogP contribution is 2.40. The molecule has 0 aromatic heterocycles. The van der Waals surface area contributed by atoms with Crippen molar-refractivity contribution in [1.29, 1.82) is 0 Å². The van der Waals surface area contributed by atoms with Crippen molar-refractivity contribution in [3.8, 4) is 0 Å². The largest absolute Gasteiger partial charge is 0.375 e. The number of likely N-dealkylation sites (tertiary alicyclic amines) is 1. The lowest BCUT2D eigenvalue weighted by molar-refractivity contribution is -0.0939. The fourth-order valence-electron chi connectivity index (χ4n) is 3.29. The predicted molar refractivity (Wildman–Crippen MR) is 57.2 cm³/mol. The molecule has 0 radical (unpaired) electrons. The highest BCUT2D eigenvalue weighted by molar-refractivity contribution is 5.06. The molecular weight excluding hydrogens is 176 g/mol. The topological polar surface area (TPSA) is 38.5 Å². The molecular formula is C11H22N2O. The van der Waals surface area contributed by atoms with Gasteiger partial charge in [0.15, 0.2) is 0 Å². The fourth-order valence-corrected chi connectivity index (χ4v) is 3.29. The minimum absolute atomic E-state index is 0.219. The van der Waals surface area contributed by atoms with Crippen molar-refractivity contribution in [2.24, 2.45) is 5.73 Å². The Morgan fingerprint density at radius 3 is 2.29 bits per heavy atom. The Morgan fingerprint density at radius 1 is 1.29 bits per heavy atom. The highest BCUT2D eigenvalue weighted by Gasteiger charge is 2.49. The standard InChI is InChI=1S/C11H22N2O/c1-8-6-11(7-9(2)14-8)10(12)4-5-13(11)3/h8-10H,4-7,12H2,1-3H3/t8-,9+,10?,11?. The van der Waals surface area contributed by atoms with Crippen LogP contribution in [-0.4, -0.2) is 42.3 Å². The van der Waals surface area contributed by atoms with Gasteiger partial charge in [-0.25, -0.2) is 0 Å². The molecule has 0 aromatic rings. The van der Waals surface area contributed by atoms with Gasteiger partial charge >= 0.3 is 0 Å². The molecule has 82 valence electrons. The van der Waals surface area contributed by atoms with Crippen LogP contribution in [0.4, 0.5) is 0 Å². The van der Waals surface area contributed by atoms with Gasteiger partial charge in [0.05, 0.1) is 12.2 Å². The van der Waals surface area contributed by atoms with Crippen LogP contribution in [0.5, 0.6) is 0 Å². The van der Waals surface area contributed by atoms with Crippen molar-refractivity contribution in [3.05, 3.63) is 0 Å². The molecule has 2 fully saturated rings. The van der Waals surface area contributed by atoms with E-state index >= 15 is 0 Å². The van der Waals surface area contributed by atoms with E-state index in [9.17, 15) is 0 Å². The maximum atomic E-state index is 6.26. The second-order valence-electron chi connectivity index (χ2n) is 5.09. The number of hydrogen-bond acceptors (Lipinski definition) is 3. The Labute approximate surface area is 86.6 Å². The first-order valence-electron chi connectivity index (χ1n) is 5.67. The van der Waals surface area contributed by atoms with Crippen molar-refractivity contribution in [3.63, 3.8) is 0 Å². The second kappa shape index (κ2) is 3.47. The molecule has 1 spiro atoms. The average molecular weight is 198 g/mol. The second-order valence-corrected chi connectivity index (χ2v) is 5.09. The van der Waals surface area contributed by atoms with Gasteiger partial charge in [0.2, 0.25) is 0 Å². The van der Waals surface area contributed by atoms with E-state index in [1.807, 2.05) is 0 Å². The zero-order chi connectivity index (χ0) is 10.3. The van der Waals surface area contributed by atoms with Crippen molar-refractivity contribution in [1.82, 2.24) is 4.90 Å². The van der Waals surface area contributed by atoms with E-state index in [-0.39, 0.29) is 5.54 Å². The van der Waals surface area contributed by atoms with E-state index in [0.29, 0.717) is 18.2 Å². The molecule has 2 heterocycles. The molecule has 0 amide bonds. The van der Waals surface area contributed by atoms with Crippen LogP contribution in [0.1, 0.15) is 33.1 Å². The number of nitrogens with zero attached hydrogens (tertiary/aromatic N) is 1. The molecule has 0 saturated carbocycles. The predicted octanol–water partition coefficient (Wildman–Crippen LogP) is 0.975. The van der Waals surface area contributed by atoms with Crippen LogP contribution in [0.15, 0.2) is 0 Å². The normalized spacial score (nSPS) is 50.1. The Kier molecular flexibility index (Phi) is 2.58.